The van der Waals surface area contributed by atoms with E-state index in [0.717, 1.165) is 17.9 Å². The highest BCUT2D eigenvalue weighted by atomic mass is 16.4. The number of benzene rings is 1. The van der Waals surface area contributed by atoms with E-state index in [0.29, 0.717) is 30.3 Å². The minimum absolute atomic E-state index is 0.000576. The number of carboxylic acids is 1. The molecule has 0 aliphatic rings. The van der Waals surface area contributed by atoms with E-state index in [1.54, 1.807) is 18.2 Å². The molecule has 24 heavy (non-hydrogen) atoms. The summed E-state index contributed by atoms with van der Waals surface area (Å²) < 4.78 is 2.06. The van der Waals surface area contributed by atoms with Crippen molar-refractivity contribution >= 4 is 22.9 Å². The zero-order chi connectivity index (χ0) is 17.9. The summed E-state index contributed by atoms with van der Waals surface area (Å²) in [5.41, 5.74) is 1.75. The molecule has 0 aliphatic heterocycles. The molecule has 2 N–H and O–H groups in total. The van der Waals surface area contributed by atoms with Gasteiger partial charge < -0.3 is 15.0 Å². The van der Waals surface area contributed by atoms with Crippen LogP contribution in [0.25, 0.3) is 11.0 Å². The van der Waals surface area contributed by atoms with E-state index in [2.05, 4.69) is 28.7 Å². The van der Waals surface area contributed by atoms with Crippen molar-refractivity contribution in [2.24, 2.45) is 11.8 Å². The fraction of sp³-hybridized carbons (Fsp3) is 0.500. The van der Waals surface area contributed by atoms with Crippen molar-refractivity contribution in [3.63, 3.8) is 0 Å². The highest BCUT2D eigenvalue weighted by molar-refractivity contribution is 5.92. The first-order valence-electron chi connectivity index (χ1n) is 8.27. The van der Waals surface area contributed by atoms with Gasteiger partial charge in [-0.25, -0.2) is 9.78 Å². The summed E-state index contributed by atoms with van der Waals surface area (Å²) in [6, 6.07) is 4.95. The maximum atomic E-state index is 11.9. The van der Waals surface area contributed by atoms with Gasteiger partial charge in [0.1, 0.15) is 5.82 Å². The van der Waals surface area contributed by atoms with Crippen molar-refractivity contribution in [3.05, 3.63) is 29.6 Å². The number of rotatable bonds is 7. The number of hydrogen-bond acceptors (Lipinski definition) is 3. The third kappa shape index (κ3) is 4.34. The van der Waals surface area contributed by atoms with Gasteiger partial charge in [-0.3, -0.25) is 4.79 Å². The number of nitrogens with one attached hydrogen (secondary N) is 1. The lowest BCUT2D eigenvalue weighted by molar-refractivity contribution is -0.122. The zero-order valence-corrected chi connectivity index (χ0v) is 14.7. The van der Waals surface area contributed by atoms with Crippen LogP contribution in [-0.2, 0) is 17.9 Å². The molecular formula is C18H25N3O3. The molecule has 130 valence electrons. The number of hydrogen-bond donors (Lipinski definition) is 2. The van der Waals surface area contributed by atoms with Crippen molar-refractivity contribution < 1.29 is 14.7 Å². The second-order valence-corrected chi connectivity index (χ2v) is 6.92. The number of nitrogens with zero attached hydrogens (tertiary/aromatic N) is 2. The molecule has 0 spiro atoms. The third-order valence-corrected chi connectivity index (χ3v) is 3.66. The topological polar surface area (TPSA) is 84.2 Å². The summed E-state index contributed by atoms with van der Waals surface area (Å²) in [6.45, 7) is 9.33. The molecule has 0 aliphatic carbocycles. The number of aromatic nitrogens is 2. The Bertz CT molecular complexity index is 747. The van der Waals surface area contributed by atoms with Crippen molar-refractivity contribution in [2.75, 3.05) is 0 Å². The van der Waals surface area contributed by atoms with Gasteiger partial charge >= 0.3 is 5.97 Å². The Hall–Kier alpha value is -2.37. The summed E-state index contributed by atoms with van der Waals surface area (Å²) in [7, 11) is 0. The molecule has 6 nitrogen and oxygen atoms in total. The van der Waals surface area contributed by atoms with E-state index >= 15 is 0 Å². The first kappa shape index (κ1) is 18.0. The van der Waals surface area contributed by atoms with Gasteiger partial charge in [-0.05, 0) is 30.0 Å². The number of carboxylic acid groups (broad SMARTS) is 1. The summed E-state index contributed by atoms with van der Waals surface area (Å²) in [5.74, 6) is 0.490. The van der Waals surface area contributed by atoms with Gasteiger partial charge in [0.25, 0.3) is 0 Å². The normalized spacial score (nSPS) is 11.4. The van der Waals surface area contributed by atoms with E-state index < -0.39 is 5.97 Å². The summed E-state index contributed by atoms with van der Waals surface area (Å²) >= 11 is 0. The average molecular weight is 331 g/mol. The Labute approximate surface area is 141 Å². The Morgan fingerprint density at radius 1 is 1.21 bits per heavy atom. The van der Waals surface area contributed by atoms with Gasteiger partial charge in [0.2, 0.25) is 5.91 Å². The molecule has 0 saturated carbocycles. The highest BCUT2D eigenvalue weighted by Crippen LogP contribution is 2.20. The Kier molecular flexibility index (Phi) is 5.59. The summed E-state index contributed by atoms with van der Waals surface area (Å²) in [4.78, 5) is 27.6. The Morgan fingerprint density at radius 2 is 1.92 bits per heavy atom. The van der Waals surface area contributed by atoms with Gasteiger partial charge in [0.05, 0.1) is 23.1 Å². The smallest absolute Gasteiger partial charge is 0.335 e. The van der Waals surface area contributed by atoms with Crippen LogP contribution in [0.3, 0.4) is 0 Å². The number of imidazole rings is 1. The zero-order valence-electron chi connectivity index (χ0n) is 14.7. The van der Waals surface area contributed by atoms with Crippen LogP contribution in [0.1, 0.15) is 50.3 Å². The largest absolute Gasteiger partial charge is 0.478 e. The molecule has 0 atom stereocenters. The van der Waals surface area contributed by atoms with Gasteiger partial charge in [-0.1, -0.05) is 27.7 Å². The van der Waals surface area contributed by atoms with Gasteiger partial charge in [0, 0.05) is 13.0 Å². The molecule has 1 amide bonds. The van der Waals surface area contributed by atoms with Gasteiger partial charge in [-0.2, -0.15) is 0 Å². The van der Waals surface area contributed by atoms with Crippen LogP contribution in [0.15, 0.2) is 18.2 Å². The number of amides is 1. The second kappa shape index (κ2) is 7.47. The second-order valence-electron chi connectivity index (χ2n) is 6.92. The quantitative estimate of drug-likeness (QED) is 0.816. The van der Waals surface area contributed by atoms with Crippen molar-refractivity contribution in [1.29, 1.82) is 0 Å². The van der Waals surface area contributed by atoms with Crippen molar-refractivity contribution in [2.45, 2.75) is 47.2 Å². The lowest BCUT2D eigenvalue weighted by Gasteiger charge is -2.13. The maximum Gasteiger partial charge on any atom is 0.335 e. The number of carbonyl (C=O) groups excluding carboxylic acids is 1. The molecule has 0 bridgehead atoms. The monoisotopic (exact) mass is 331 g/mol. The summed E-state index contributed by atoms with van der Waals surface area (Å²) in [5, 5.41) is 12.0. The average Bonchev–Trinajstić information content (AvgIpc) is 2.81. The van der Waals surface area contributed by atoms with Crippen LogP contribution in [0.5, 0.6) is 0 Å². The fourth-order valence-electron chi connectivity index (χ4n) is 2.64. The predicted octanol–water partition coefficient (Wildman–Crippen LogP) is 3.05. The number of carbonyl (C=O) groups is 2. The molecule has 2 rings (SSSR count). The molecule has 0 radical (unpaired) electrons. The molecule has 1 aromatic carbocycles. The van der Waals surface area contributed by atoms with Crippen LogP contribution >= 0.6 is 0 Å². The lowest BCUT2D eigenvalue weighted by Crippen LogP contribution is -2.26. The molecule has 0 fully saturated rings. The molecule has 6 heteroatoms. The Morgan fingerprint density at radius 3 is 2.50 bits per heavy atom. The van der Waals surface area contributed by atoms with E-state index in [-0.39, 0.29) is 11.5 Å². The maximum absolute atomic E-state index is 11.9. The van der Waals surface area contributed by atoms with Crippen LogP contribution in [0.2, 0.25) is 0 Å². The van der Waals surface area contributed by atoms with Crippen LogP contribution in [0, 0.1) is 11.8 Å². The summed E-state index contributed by atoms with van der Waals surface area (Å²) in [6.07, 6.45) is 0.480. The highest BCUT2D eigenvalue weighted by Gasteiger charge is 2.15. The first-order chi connectivity index (χ1) is 11.3. The molecule has 1 aromatic heterocycles. The van der Waals surface area contributed by atoms with Gasteiger partial charge in [0.15, 0.2) is 0 Å². The van der Waals surface area contributed by atoms with Crippen molar-refractivity contribution in [1.82, 2.24) is 14.9 Å². The lowest BCUT2D eigenvalue weighted by atomic mass is 10.1. The fourth-order valence-corrected chi connectivity index (χ4v) is 2.64. The minimum atomic E-state index is -0.970. The van der Waals surface area contributed by atoms with E-state index in [1.807, 2.05) is 13.8 Å². The van der Waals surface area contributed by atoms with E-state index in [1.165, 1.54) is 0 Å². The first-order valence-corrected chi connectivity index (χ1v) is 8.27. The molecular weight excluding hydrogens is 306 g/mol. The third-order valence-electron chi connectivity index (χ3n) is 3.66. The van der Waals surface area contributed by atoms with Crippen LogP contribution in [0.4, 0.5) is 0 Å². The SMILES string of the molecule is CC(C)CC(=O)NCc1nc2cc(C(=O)O)ccc2n1CC(C)C. The van der Waals surface area contributed by atoms with Gasteiger partial charge in [-0.15, -0.1) is 0 Å². The molecule has 0 saturated heterocycles. The van der Waals surface area contributed by atoms with E-state index in [4.69, 9.17) is 5.11 Å². The van der Waals surface area contributed by atoms with Crippen molar-refractivity contribution in [3.8, 4) is 0 Å². The molecule has 2 aromatic rings. The van der Waals surface area contributed by atoms with Crippen LogP contribution < -0.4 is 5.32 Å². The standard InChI is InChI=1S/C18H25N3O3/c1-11(2)7-17(22)19-9-16-20-14-8-13(18(23)24)5-6-15(14)21(16)10-12(3)4/h5-6,8,11-12H,7,9-10H2,1-4H3,(H,19,22)(H,23,24). The molecule has 0 unspecified atom stereocenters. The van der Waals surface area contributed by atoms with E-state index in [9.17, 15) is 9.59 Å². The Balaban J connectivity index is 2.32. The minimum Gasteiger partial charge on any atom is -0.478 e. The number of fused-ring (bicyclic) bond motifs is 1. The van der Waals surface area contributed by atoms with Crippen LogP contribution in [-0.4, -0.2) is 26.5 Å². The number of aromatic carboxylic acids is 1. The molecule has 1 heterocycles. The predicted molar refractivity (Wildman–Crippen MR) is 92.8 cm³/mol.